The van der Waals surface area contributed by atoms with Gasteiger partial charge in [0.05, 0.1) is 0 Å². The smallest absolute Gasteiger partial charge is 0.220 e. The van der Waals surface area contributed by atoms with Gasteiger partial charge in [0.25, 0.3) is 0 Å². The Bertz CT molecular complexity index is 431. The van der Waals surface area contributed by atoms with Crippen molar-refractivity contribution in [1.82, 2.24) is 10.6 Å². The van der Waals surface area contributed by atoms with Crippen LogP contribution in [0.5, 0.6) is 0 Å². The fourth-order valence-corrected chi connectivity index (χ4v) is 2.60. The number of aryl methyl sites for hydroxylation is 2. The maximum atomic E-state index is 12.0. The van der Waals surface area contributed by atoms with Crippen LogP contribution < -0.4 is 10.6 Å². The van der Waals surface area contributed by atoms with Crippen molar-refractivity contribution in [3.8, 4) is 0 Å². The summed E-state index contributed by atoms with van der Waals surface area (Å²) in [5.41, 5.74) is 2.54. The first-order chi connectivity index (χ1) is 9.16. The van der Waals surface area contributed by atoms with Crippen LogP contribution in [-0.4, -0.2) is 25.0 Å². The van der Waals surface area contributed by atoms with E-state index in [0.29, 0.717) is 12.3 Å². The van der Waals surface area contributed by atoms with E-state index in [1.807, 2.05) is 12.1 Å². The van der Waals surface area contributed by atoms with Crippen molar-refractivity contribution in [1.29, 1.82) is 0 Å². The van der Waals surface area contributed by atoms with Gasteiger partial charge in [-0.3, -0.25) is 4.79 Å². The van der Waals surface area contributed by atoms with Crippen LogP contribution in [0.4, 0.5) is 0 Å². The maximum absolute atomic E-state index is 12.0. The van der Waals surface area contributed by atoms with Crippen molar-refractivity contribution in [3.05, 3.63) is 35.4 Å². The quantitative estimate of drug-likeness (QED) is 0.870. The molecule has 1 amide bonds. The Kier molecular flexibility index (Phi) is 4.97. The van der Waals surface area contributed by atoms with Gasteiger partial charge in [-0.25, -0.2) is 0 Å². The Hall–Kier alpha value is -1.35. The minimum absolute atomic E-state index is 0.170. The van der Waals surface area contributed by atoms with Crippen LogP contribution >= 0.6 is 0 Å². The first kappa shape index (κ1) is 14.1. The number of piperidine rings is 1. The summed E-state index contributed by atoms with van der Waals surface area (Å²) < 4.78 is 0. The number of carbonyl (C=O) groups is 1. The first-order valence-corrected chi connectivity index (χ1v) is 7.21. The van der Waals surface area contributed by atoms with E-state index < -0.39 is 0 Å². The molecule has 1 fully saturated rings. The highest BCUT2D eigenvalue weighted by Crippen LogP contribution is 2.12. The SMILES string of the molecule is Cc1ccccc1CCC(=O)N[C@@H]1CNCC[C@H]1C. The standard InChI is InChI=1S/C16H24N2O/c1-12-5-3-4-6-14(12)7-8-16(19)18-15-11-17-10-9-13(15)2/h3-6,13,15,17H,7-11H2,1-2H3,(H,18,19)/t13-,15-/m1/s1. The summed E-state index contributed by atoms with van der Waals surface area (Å²) in [6.45, 7) is 6.28. The summed E-state index contributed by atoms with van der Waals surface area (Å²) in [6.07, 6.45) is 2.55. The molecule has 0 bridgehead atoms. The van der Waals surface area contributed by atoms with Crippen LogP contribution in [-0.2, 0) is 11.2 Å². The normalized spacial score (nSPS) is 23.1. The number of nitrogens with one attached hydrogen (secondary N) is 2. The predicted octanol–water partition coefficient (Wildman–Crippen LogP) is 2.04. The van der Waals surface area contributed by atoms with Crippen molar-refractivity contribution in [2.24, 2.45) is 5.92 Å². The van der Waals surface area contributed by atoms with E-state index in [1.54, 1.807) is 0 Å². The molecule has 0 radical (unpaired) electrons. The van der Waals surface area contributed by atoms with E-state index in [2.05, 4.69) is 36.6 Å². The number of benzene rings is 1. The molecule has 2 rings (SSSR count). The van der Waals surface area contributed by atoms with Crippen molar-refractivity contribution < 1.29 is 4.79 Å². The Labute approximate surface area is 115 Å². The van der Waals surface area contributed by atoms with Crippen LogP contribution in [0, 0.1) is 12.8 Å². The Balaban J connectivity index is 1.80. The van der Waals surface area contributed by atoms with Crippen LogP contribution in [0.15, 0.2) is 24.3 Å². The molecule has 0 saturated carbocycles. The summed E-state index contributed by atoms with van der Waals surface area (Å²) in [7, 11) is 0. The molecule has 104 valence electrons. The number of carbonyl (C=O) groups excluding carboxylic acids is 1. The predicted molar refractivity (Wildman–Crippen MR) is 78.1 cm³/mol. The van der Waals surface area contributed by atoms with Crippen molar-refractivity contribution in [2.45, 2.75) is 39.2 Å². The average Bonchev–Trinajstić information content (AvgIpc) is 2.40. The summed E-state index contributed by atoms with van der Waals surface area (Å²) in [6, 6.07) is 8.56. The third-order valence-corrected chi connectivity index (χ3v) is 4.06. The molecular weight excluding hydrogens is 236 g/mol. The zero-order valence-electron chi connectivity index (χ0n) is 11.9. The summed E-state index contributed by atoms with van der Waals surface area (Å²) in [5, 5.41) is 6.50. The highest BCUT2D eigenvalue weighted by molar-refractivity contribution is 5.76. The maximum Gasteiger partial charge on any atom is 0.220 e. The lowest BCUT2D eigenvalue weighted by molar-refractivity contribution is -0.122. The minimum atomic E-state index is 0.170. The number of amides is 1. The Morgan fingerprint density at radius 2 is 2.21 bits per heavy atom. The third-order valence-electron chi connectivity index (χ3n) is 4.06. The summed E-state index contributed by atoms with van der Waals surface area (Å²) in [5.74, 6) is 0.743. The molecule has 3 nitrogen and oxygen atoms in total. The van der Waals surface area contributed by atoms with E-state index >= 15 is 0 Å². The zero-order chi connectivity index (χ0) is 13.7. The molecule has 2 atom stereocenters. The number of hydrogen-bond acceptors (Lipinski definition) is 2. The van der Waals surface area contributed by atoms with Crippen molar-refractivity contribution >= 4 is 5.91 Å². The lowest BCUT2D eigenvalue weighted by atomic mass is 9.94. The van der Waals surface area contributed by atoms with Crippen LogP contribution in [0.2, 0.25) is 0 Å². The van der Waals surface area contributed by atoms with Gasteiger partial charge in [-0.2, -0.15) is 0 Å². The van der Waals surface area contributed by atoms with Gasteiger partial charge < -0.3 is 10.6 Å². The molecule has 1 heterocycles. The number of rotatable bonds is 4. The number of hydrogen-bond donors (Lipinski definition) is 2. The molecule has 1 aliphatic rings. The third kappa shape index (κ3) is 4.06. The summed E-state index contributed by atoms with van der Waals surface area (Å²) >= 11 is 0. The van der Waals surface area contributed by atoms with Crippen molar-refractivity contribution in [2.75, 3.05) is 13.1 Å². The second kappa shape index (κ2) is 6.71. The van der Waals surface area contributed by atoms with Crippen LogP contribution in [0.1, 0.15) is 30.9 Å². The Morgan fingerprint density at radius 3 is 2.95 bits per heavy atom. The minimum Gasteiger partial charge on any atom is -0.352 e. The molecule has 1 aromatic rings. The van der Waals surface area contributed by atoms with Crippen LogP contribution in [0.25, 0.3) is 0 Å². The topological polar surface area (TPSA) is 41.1 Å². The molecule has 2 N–H and O–H groups in total. The van der Waals surface area contributed by atoms with Gasteiger partial charge in [0, 0.05) is 19.0 Å². The second-order valence-electron chi connectivity index (χ2n) is 5.57. The van der Waals surface area contributed by atoms with Crippen molar-refractivity contribution in [3.63, 3.8) is 0 Å². The van der Waals surface area contributed by atoms with E-state index in [1.165, 1.54) is 11.1 Å². The second-order valence-corrected chi connectivity index (χ2v) is 5.57. The molecule has 1 aliphatic heterocycles. The lowest BCUT2D eigenvalue weighted by Crippen LogP contribution is -2.50. The monoisotopic (exact) mass is 260 g/mol. The largest absolute Gasteiger partial charge is 0.352 e. The molecule has 0 aromatic heterocycles. The summed E-state index contributed by atoms with van der Waals surface area (Å²) in [4.78, 5) is 12.0. The molecule has 0 aliphatic carbocycles. The van der Waals surface area contributed by atoms with E-state index in [-0.39, 0.29) is 11.9 Å². The molecule has 19 heavy (non-hydrogen) atoms. The molecule has 1 saturated heterocycles. The molecule has 1 aromatic carbocycles. The van der Waals surface area contributed by atoms with Gasteiger partial charge in [0.1, 0.15) is 0 Å². The van der Waals surface area contributed by atoms with Gasteiger partial charge in [-0.05, 0) is 43.4 Å². The molecule has 3 heteroatoms. The zero-order valence-corrected chi connectivity index (χ0v) is 11.9. The lowest BCUT2D eigenvalue weighted by Gasteiger charge is -2.30. The Morgan fingerprint density at radius 1 is 1.42 bits per heavy atom. The van der Waals surface area contributed by atoms with Gasteiger partial charge in [0.2, 0.25) is 5.91 Å². The van der Waals surface area contributed by atoms with Gasteiger partial charge >= 0.3 is 0 Å². The molecular formula is C16H24N2O. The van der Waals surface area contributed by atoms with E-state index in [4.69, 9.17) is 0 Å². The molecule has 0 spiro atoms. The van der Waals surface area contributed by atoms with Crippen LogP contribution in [0.3, 0.4) is 0 Å². The fraction of sp³-hybridized carbons (Fsp3) is 0.562. The first-order valence-electron chi connectivity index (χ1n) is 7.21. The van der Waals surface area contributed by atoms with Gasteiger partial charge in [-0.15, -0.1) is 0 Å². The highest BCUT2D eigenvalue weighted by atomic mass is 16.1. The van der Waals surface area contributed by atoms with Gasteiger partial charge in [-0.1, -0.05) is 31.2 Å². The highest BCUT2D eigenvalue weighted by Gasteiger charge is 2.22. The molecule has 0 unspecified atom stereocenters. The average molecular weight is 260 g/mol. The van der Waals surface area contributed by atoms with E-state index in [0.717, 1.165) is 25.9 Å². The van der Waals surface area contributed by atoms with Gasteiger partial charge in [0.15, 0.2) is 0 Å². The van der Waals surface area contributed by atoms with E-state index in [9.17, 15) is 4.79 Å². The fourth-order valence-electron chi connectivity index (χ4n) is 2.60.